The van der Waals surface area contributed by atoms with Gasteiger partial charge in [0.05, 0.1) is 5.56 Å². The number of ether oxygens (including phenoxy) is 1. The van der Waals surface area contributed by atoms with Gasteiger partial charge in [-0.05, 0) is 48.4 Å². The second kappa shape index (κ2) is 6.64. The molecule has 0 saturated carbocycles. The highest BCUT2D eigenvalue weighted by atomic mass is 16.5. The molecule has 5 rings (SSSR count). The molecule has 2 aromatic rings. The summed E-state index contributed by atoms with van der Waals surface area (Å²) >= 11 is 0. The predicted molar refractivity (Wildman–Crippen MR) is 102 cm³/mol. The molecule has 5 heteroatoms. The Hall–Kier alpha value is -2.40. The zero-order valence-corrected chi connectivity index (χ0v) is 15.4. The lowest BCUT2D eigenvalue weighted by molar-refractivity contribution is -0.130. The van der Waals surface area contributed by atoms with Crippen molar-refractivity contribution in [2.75, 3.05) is 19.6 Å². The van der Waals surface area contributed by atoms with Gasteiger partial charge in [0.1, 0.15) is 6.61 Å². The third kappa shape index (κ3) is 2.90. The molecular weight excluding hydrogens is 340 g/mol. The summed E-state index contributed by atoms with van der Waals surface area (Å²) < 4.78 is 5.28. The smallest absolute Gasteiger partial charge is 0.339 e. The Morgan fingerprint density at radius 3 is 2.85 bits per heavy atom. The van der Waals surface area contributed by atoms with Gasteiger partial charge in [0.25, 0.3) is 0 Å². The van der Waals surface area contributed by atoms with E-state index in [9.17, 15) is 9.59 Å². The lowest BCUT2D eigenvalue weighted by atomic mass is 9.93. The van der Waals surface area contributed by atoms with Gasteiger partial charge in [0.2, 0.25) is 5.91 Å². The minimum atomic E-state index is -0.226. The van der Waals surface area contributed by atoms with Gasteiger partial charge in [0.15, 0.2) is 0 Å². The van der Waals surface area contributed by atoms with Crippen molar-refractivity contribution in [1.82, 2.24) is 9.80 Å². The monoisotopic (exact) mass is 364 g/mol. The molecule has 0 unspecified atom stereocenters. The summed E-state index contributed by atoms with van der Waals surface area (Å²) in [6.45, 7) is 4.13. The van der Waals surface area contributed by atoms with Gasteiger partial charge in [-0.1, -0.05) is 24.3 Å². The molecule has 5 nitrogen and oxygen atoms in total. The van der Waals surface area contributed by atoms with E-state index in [-0.39, 0.29) is 5.97 Å². The van der Waals surface area contributed by atoms with Crippen LogP contribution in [0.25, 0.3) is 10.8 Å². The number of hydrogen-bond donors (Lipinski definition) is 0. The molecule has 0 spiro atoms. The van der Waals surface area contributed by atoms with Crippen molar-refractivity contribution < 1.29 is 14.3 Å². The first kappa shape index (κ1) is 16.8. The van der Waals surface area contributed by atoms with Crippen LogP contribution in [0.5, 0.6) is 0 Å². The number of rotatable bonds is 3. The van der Waals surface area contributed by atoms with Crippen molar-refractivity contribution in [1.29, 1.82) is 0 Å². The lowest BCUT2D eigenvalue weighted by Crippen LogP contribution is -2.48. The van der Waals surface area contributed by atoms with Crippen LogP contribution in [0.4, 0.5) is 0 Å². The van der Waals surface area contributed by atoms with E-state index in [1.54, 1.807) is 0 Å². The van der Waals surface area contributed by atoms with E-state index in [1.165, 1.54) is 5.56 Å². The SMILES string of the molecule is O=C1OCc2ccc(CN3CCC[C@H](N4CCCC4=O)C3)c3cccc1c23. The minimum absolute atomic E-state index is 0.226. The molecule has 140 valence electrons. The Morgan fingerprint density at radius 2 is 2.00 bits per heavy atom. The third-order valence-corrected chi connectivity index (χ3v) is 6.22. The molecule has 3 aliphatic heterocycles. The number of amides is 1. The summed E-state index contributed by atoms with van der Waals surface area (Å²) in [6.07, 6.45) is 3.95. The highest BCUT2D eigenvalue weighted by molar-refractivity contribution is 6.08. The number of cyclic esters (lactones) is 1. The van der Waals surface area contributed by atoms with Crippen molar-refractivity contribution in [3.63, 3.8) is 0 Å². The molecule has 0 bridgehead atoms. The Balaban J connectivity index is 1.42. The van der Waals surface area contributed by atoms with Crippen molar-refractivity contribution in [3.8, 4) is 0 Å². The molecule has 0 N–H and O–H groups in total. The highest BCUT2D eigenvalue weighted by Crippen LogP contribution is 2.32. The standard InChI is InChI=1S/C22H24N2O3/c25-20-7-3-11-24(20)17-4-2-10-23(13-17)12-15-8-9-16-14-27-22(26)19-6-1-5-18(15)21(16)19/h1,5-6,8-9,17H,2-4,7,10-14H2/t17-/m0/s1. The van der Waals surface area contributed by atoms with Gasteiger partial charge in [-0.15, -0.1) is 0 Å². The third-order valence-electron chi connectivity index (χ3n) is 6.22. The molecular formula is C22H24N2O3. The highest BCUT2D eigenvalue weighted by Gasteiger charge is 2.31. The van der Waals surface area contributed by atoms with Crippen LogP contribution in [0.2, 0.25) is 0 Å². The molecule has 27 heavy (non-hydrogen) atoms. The fourth-order valence-corrected chi connectivity index (χ4v) is 4.91. The first-order valence-corrected chi connectivity index (χ1v) is 9.93. The van der Waals surface area contributed by atoms with E-state index >= 15 is 0 Å². The van der Waals surface area contributed by atoms with Gasteiger partial charge < -0.3 is 9.64 Å². The fourth-order valence-electron chi connectivity index (χ4n) is 4.91. The Bertz CT molecular complexity index is 923. The van der Waals surface area contributed by atoms with Crippen molar-refractivity contribution in [2.45, 2.75) is 44.9 Å². The summed E-state index contributed by atoms with van der Waals surface area (Å²) in [7, 11) is 0. The van der Waals surface area contributed by atoms with E-state index in [2.05, 4.69) is 28.0 Å². The topological polar surface area (TPSA) is 49.9 Å². The predicted octanol–water partition coefficient (Wildman–Crippen LogP) is 3.10. The normalized spacial score (nSPS) is 23.1. The zero-order chi connectivity index (χ0) is 18.4. The number of carbonyl (C=O) groups is 2. The van der Waals surface area contributed by atoms with Crippen LogP contribution in [-0.4, -0.2) is 47.4 Å². The lowest BCUT2D eigenvalue weighted by Gasteiger charge is -2.37. The van der Waals surface area contributed by atoms with Gasteiger partial charge in [-0.3, -0.25) is 9.69 Å². The van der Waals surface area contributed by atoms with Crippen LogP contribution in [0.1, 0.15) is 47.2 Å². The zero-order valence-electron chi connectivity index (χ0n) is 15.4. The van der Waals surface area contributed by atoms with Crippen molar-refractivity contribution >= 4 is 22.6 Å². The summed E-state index contributed by atoms with van der Waals surface area (Å²) in [6, 6.07) is 10.5. The van der Waals surface area contributed by atoms with Crippen LogP contribution in [-0.2, 0) is 22.7 Å². The number of benzene rings is 2. The van der Waals surface area contributed by atoms with Crippen LogP contribution < -0.4 is 0 Å². The average Bonchev–Trinajstić information content (AvgIpc) is 3.12. The molecule has 1 amide bonds. The Labute approximate surface area is 158 Å². The summed E-state index contributed by atoms with van der Waals surface area (Å²) in [5.41, 5.74) is 3.01. The van der Waals surface area contributed by atoms with Crippen molar-refractivity contribution in [3.05, 3.63) is 47.0 Å². The van der Waals surface area contributed by atoms with Crippen LogP contribution in [0, 0.1) is 0 Å². The van der Waals surface area contributed by atoms with Crippen molar-refractivity contribution in [2.24, 2.45) is 0 Å². The van der Waals surface area contributed by atoms with Gasteiger partial charge in [0, 0.05) is 37.5 Å². The average molecular weight is 364 g/mol. The van der Waals surface area contributed by atoms with E-state index in [4.69, 9.17) is 4.74 Å². The maximum atomic E-state index is 12.1. The Kier molecular flexibility index (Phi) is 4.12. The van der Waals surface area contributed by atoms with E-state index < -0.39 is 0 Å². The molecule has 2 fully saturated rings. The number of carbonyl (C=O) groups excluding carboxylic acids is 2. The largest absolute Gasteiger partial charge is 0.457 e. The van der Waals surface area contributed by atoms with E-state index in [0.29, 0.717) is 30.5 Å². The van der Waals surface area contributed by atoms with Gasteiger partial charge in [-0.25, -0.2) is 4.79 Å². The van der Waals surface area contributed by atoms with Crippen LogP contribution in [0.15, 0.2) is 30.3 Å². The second-order valence-electron chi connectivity index (χ2n) is 7.91. The summed E-state index contributed by atoms with van der Waals surface area (Å²) in [5.74, 6) is 0.0952. The summed E-state index contributed by atoms with van der Waals surface area (Å²) in [5, 5.41) is 2.20. The Morgan fingerprint density at radius 1 is 1.07 bits per heavy atom. The first-order valence-electron chi connectivity index (χ1n) is 9.93. The molecule has 0 aliphatic carbocycles. The molecule has 1 atom stereocenters. The molecule has 3 heterocycles. The molecule has 0 aromatic heterocycles. The number of hydrogen-bond acceptors (Lipinski definition) is 4. The first-order chi connectivity index (χ1) is 13.2. The van der Waals surface area contributed by atoms with Gasteiger partial charge in [-0.2, -0.15) is 0 Å². The number of piperidine rings is 1. The van der Waals surface area contributed by atoms with Gasteiger partial charge >= 0.3 is 5.97 Å². The molecule has 2 saturated heterocycles. The molecule has 3 aliphatic rings. The van der Waals surface area contributed by atoms with E-state index in [0.717, 1.165) is 61.8 Å². The molecule has 0 radical (unpaired) electrons. The minimum Gasteiger partial charge on any atom is -0.457 e. The number of likely N-dealkylation sites (tertiary alicyclic amines) is 2. The van der Waals surface area contributed by atoms with Crippen LogP contribution >= 0.6 is 0 Å². The quantitative estimate of drug-likeness (QED) is 0.786. The summed E-state index contributed by atoms with van der Waals surface area (Å²) in [4.78, 5) is 28.8. The second-order valence-corrected chi connectivity index (χ2v) is 7.91. The van der Waals surface area contributed by atoms with Crippen LogP contribution in [0.3, 0.4) is 0 Å². The molecule has 2 aromatic carbocycles. The fraction of sp³-hybridized carbons (Fsp3) is 0.455. The number of esters is 1. The maximum Gasteiger partial charge on any atom is 0.339 e. The maximum absolute atomic E-state index is 12.1. The van der Waals surface area contributed by atoms with E-state index in [1.807, 2.05) is 12.1 Å². The number of nitrogens with zero attached hydrogens (tertiary/aromatic N) is 2.